The molecule has 6 nitrogen and oxygen atoms in total. The van der Waals surface area contributed by atoms with Gasteiger partial charge in [0.05, 0.1) is 0 Å². The van der Waals surface area contributed by atoms with Crippen LogP contribution in [0.15, 0.2) is 34.7 Å². The normalized spacial score (nSPS) is 9.76. The van der Waals surface area contributed by atoms with Gasteiger partial charge in [-0.2, -0.15) is 5.26 Å². The van der Waals surface area contributed by atoms with Crippen molar-refractivity contribution in [2.45, 2.75) is 13.8 Å². The molecule has 0 saturated heterocycles. The number of benzene rings is 1. The third kappa shape index (κ3) is 3.09. The molecule has 2 rings (SSSR count). The highest BCUT2D eigenvalue weighted by atomic mass is 16.3. The van der Waals surface area contributed by atoms with Crippen molar-refractivity contribution >= 4 is 17.6 Å². The summed E-state index contributed by atoms with van der Waals surface area (Å²) in [4.78, 5) is 23.7. The van der Waals surface area contributed by atoms with Gasteiger partial charge in [0.2, 0.25) is 5.76 Å². The Kier molecular flexibility index (Phi) is 4.05. The molecule has 106 valence electrons. The fourth-order valence-corrected chi connectivity index (χ4v) is 1.77. The van der Waals surface area contributed by atoms with E-state index in [9.17, 15) is 9.59 Å². The number of rotatable bonds is 2. The molecule has 1 heterocycles. The maximum Gasteiger partial charge on any atom is 0.326 e. The van der Waals surface area contributed by atoms with Crippen molar-refractivity contribution in [1.82, 2.24) is 5.32 Å². The Morgan fingerprint density at radius 2 is 1.86 bits per heavy atom. The van der Waals surface area contributed by atoms with Crippen LogP contribution < -0.4 is 10.6 Å². The summed E-state index contributed by atoms with van der Waals surface area (Å²) < 4.78 is 5.20. The van der Waals surface area contributed by atoms with E-state index in [4.69, 9.17) is 9.68 Å². The molecule has 0 aliphatic carbocycles. The van der Waals surface area contributed by atoms with E-state index in [0.29, 0.717) is 16.9 Å². The molecule has 0 bridgehead atoms. The number of furan rings is 1. The average Bonchev–Trinajstić information content (AvgIpc) is 2.75. The summed E-state index contributed by atoms with van der Waals surface area (Å²) in [7, 11) is 0. The fourth-order valence-electron chi connectivity index (χ4n) is 1.77. The standard InChI is InChI=1S/C15H13N3O3/c1-9-10(2)21-12(8-16)13(9)17-15(20)18-14(19)11-6-4-3-5-7-11/h3-7H,1-2H3,(H2,17,18,19,20). The van der Waals surface area contributed by atoms with Gasteiger partial charge in [-0.25, -0.2) is 4.79 Å². The molecular formula is C15H13N3O3. The highest BCUT2D eigenvalue weighted by molar-refractivity contribution is 6.08. The second-order valence-electron chi connectivity index (χ2n) is 4.37. The minimum absolute atomic E-state index is 0.00677. The van der Waals surface area contributed by atoms with Crippen LogP contribution in [0, 0.1) is 25.2 Å². The van der Waals surface area contributed by atoms with Crippen LogP contribution >= 0.6 is 0 Å². The van der Waals surface area contributed by atoms with Crippen molar-refractivity contribution in [2.75, 3.05) is 5.32 Å². The van der Waals surface area contributed by atoms with Crippen LogP contribution in [0.3, 0.4) is 0 Å². The van der Waals surface area contributed by atoms with E-state index in [1.54, 1.807) is 44.2 Å². The second kappa shape index (κ2) is 5.92. The first-order valence-corrected chi connectivity index (χ1v) is 6.20. The van der Waals surface area contributed by atoms with Gasteiger partial charge in [-0.05, 0) is 26.0 Å². The van der Waals surface area contributed by atoms with Crippen LogP contribution in [0.1, 0.15) is 27.4 Å². The van der Waals surface area contributed by atoms with Crippen LogP contribution in [0.25, 0.3) is 0 Å². The maximum atomic E-state index is 11.8. The SMILES string of the molecule is Cc1oc(C#N)c(NC(=O)NC(=O)c2ccccc2)c1C. The number of carbonyl (C=O) groups is 2. The number of nitriles is 1. The summed E-state index contributed by atoms with van der Waals surface area (Å²) in [6.45, 7) is 3.41. The lowest BCUT2D eigenvalue weighted by molar-refractivity contribution is 0.0967. The minimum atomic E-state index is -0.718. The molecule has 0 aliphatic rings. The van der Waals surface area contributed by atoms with Crippen LogP contribution in [-0.4, -0.2) is 11.9 Å². The molecule has 0 fully saturated rings. The Morgan fingerprint density at radius 3 is 2.48 bits per heavy atom. The van der Waals surface area contributed by atoms with Crippen molar-refractivity contribution in [2.24, 2.45) is 0 Å². The highest BCUT2D eigenvalue weighted by Crippen LogP contribution is 2.26. The van der Waals surface area contributed by atoms with Crippen LogP contribution in [0.4, 0.5) is 10.5 Å². The molecule has 0 saturated carbocycles. The van der Waals surface area contributed by atoms with E-state index in [0.717, 1.165) is 0 Å². The number of aryl methyl sites for hydroxylation is 1. The number of urea groups is 1. The molecule has 6 heteroatoms. The second-order valence-corrected chi connectivity index (χ2v) is 4.37. The average molecular weight is 283 g/mol. The number of hydrogen-bond donors (Lipinski definition) is 2. The summed E-state index contributed by atoms with van der Waals surface area (Å²) in [5.74, 6) is 0.0213. The van der Waals surface area contributed by atoms with E-state index in [1.165, 1.54) is 0 Å². The number of anilines is 1. The number of amides is 3. The monoisotopic (exact) mass is 283 g/mol. The molecular weight excluding hydrogens is 270 g/mol. The molecule has 0 spiro atoms. The van der Waals surface area contributed by atoms with Gasteiger partial charge in [0, 0.05) is 11.1 Å². The number of nitrogens with one attached hydrogen (secondary N) is 2. The predicted octanol–water partition coefficient (Wildman–Crippen LogP) is 2.73. The summed E-state index contributed by atoms with van der Waals surface area (Å²) in [5.41, 5.74) is 1.29. The zero-order valence-electron chi connectivity index (χ0n) is 11.6. The number of carbonyl (C=O) groups excluding carboxylic acids is 2. The molecule has 0 atom stereocenters. The van der Waals surface area contributed by atoms with Crippen LogP contribution in [0.2, 0.25) is 0 Å². The maximum absolute atomic E-state index is 11.8. The van der Waals surface area contributed by atoms with E-state index in [1.807, 2.05) is 6.07 Å². The van der Waals surface area contributed by atoms with E-state index < -0.39 is 11.9 Å². The lowest BCUT2D eigenvalue weighted by atomic mass is 10.2. The van der Waals surface area contributed by atoms with Crippen LogP contribution in [0.5, 0.6) is 0 Å². The van der Waals surface area contributed by atoms with Gasteiger partial charge < -0.3 is 9.73 Å². The first-order chi connectivity index (χ1) is 10.0. The Balaban J connectivity index is 2.10. The molecule has 0 radical (unpaired) electrons. The van der Waals surface area contributed by atoms with Gasteiger partial charge >= 0.3 is 6.03 Å². The highest BCUT2D eigenvalue weighted by Gasteiger charge is 2.18. The lowest BCUT2D eigenvalue weighted by Gasteiger charge is -2.06. The molecule has 3 amide bonds. The zero-order chi connectivity index (χ0) is 15.4. The predicted molar refractivity (Wildman–Crippen MR) is 75.8 cm³/mol. The Hall–Kier alpha value is -3.07. The topological polar surface area (TPSA) is 95.1 Å². The summed E-state index contributed by atoms with van der Waals surface area (Å²) in [6, 6.07) is 9.49. The Bertz CT molecular complexity index is 727. The Morgan fingerprint density at radius 1 is 1.19 bits per heavy atom. The van der Waals surface area contributed by atoms with Crippen molar-refractivity contribution < 1.29 is 14.0 Å². The van der Waals surface area contributed by atoms with Gasteiger partial charge in [-0.15, -0.1) is 0 Å². The smallest absolute Gasteiger partial charge is 0.326 e. The van der Waals surface area contributed by atoms with Crippen LogP contribution in [-0.2, 0) is 0 Å². The largest absolute Gasteiger partial charge is 0.448 e. The number of imide groups is 1. The third-order valence-corrected chi connectivity index (χ3v) is 2.99. The van der Waals surface area contributed by atoms with E-state index in [-0.39, 0.29) is 11.4 Å². The number of hydrogen-bond acceptors (Lipinski definition) is 4. The molecule has 1 aromatic heterocycles. The first-order valence-electron chi connectivity index (χ1n) is 6.20. The van der Waals surface area contributed by atoms with Crippen molar-refractivity contribution in [3.05, 3.63) is 53.0 Å². The van der Waals surface area contributed by atoms with E-state index in [2.05, 4.69) is 10.6 Å². The lowest BCUT2D eigenvalue weighted by Crippen LogP contribution is -2.34. The van der Waals surface area contributed by atoms with Gasteiger partial charge in [-0.1, -0.05) is 18.2 Å². The molecule has 0 aliphatic heterocycles. The number of nitrogens with zero attached hydrogens (tertiary/aromatic N) is 1. The van der Waals surface area contributed by atoms with Gasteiger partial charge in [0.1, 0.15) is 17.5 Å². The summed E-state index contributed by atoms with van der Waals surface area (Å²) >= 11 is 0. The first kappa shape index (κ1) is 14.3. The quantitative estimate of drug-likeness (QED) is 0.885. The van der Waals surface area contributed by atoms with Gasteiger partial charge in [-0.3, -0.25) is 10.1 Å². The fraction of sp³-hybridized carbons (Fsp3) is 0.133. The third-order valence-electron chi connectivity index (χ3n) is 2.99. The van der Waals surface area contributed by atoms with Gasteiger partial charge in [0.15, 0.2) is 0 Å². The summed E-state index contributed by atoms with van der Waals surface area (Å²) in [6.07, 6.45) is 0. The molecule has 2 aromatic rings. The molecule has 1 aromatic carbocycles. The van der Waals surface area contributed by atoms with Gasteiger partial charge in [0.25, 0.3) is 5.91 Å². The summed E-state index contributed by atoms with van der Waals surface area (Å²) in [5, 5.41) is 13.6. The zero-order valence-corrected chi connectivity index (χ0v) is 11.6. The molecule has 21 heavy (non-hydrogen) atoms. The van der Waals surface area contributed by atoms with Crippen molar-refractivity contribution in [3.63, 3.8) is 0 Å². The Labute approximate surface area is 121 Å². The van der Waals surface area contributed by atoms with Crippen molar-refractivity contribution in [3.8, 4) is 6.07 Å². The van der Waals surface area contributed by atoms with Crippen molar-refractivity contribution in [1.29, 1.82) is 5.26 Å². The van der Waals surface area contributed by atoms with E-state index >= 15 is 0 Å². The molecule has 0 unspecified atom stereocenters. The minimum Gasteiger partial charge on any atom is -0.448 e. The molecule has 2 N–H and O–H groups in total.